The summed E-state index contributed by atoms with van der Waals surface area (Å²) in [7, 11) is 3.66. The van der Waals surface area contributed by atoms with Gasteiger partial charge in [-0.3, -0.25) is 0 Å². The van der Waals surface area contributed by atoms with Crippen LogP contribution in [0.4, 0.5) is 5.69 Å². The topological polar surface area (TPSA) is 77.9 Å². The normalized spacial score (nSPS) is 14.4. The van der Waals surface area contributed by atoms with Crippen LogP contribution in [0.3, 0.4) is 0 Å². The zero-order valence-electron chi connectivity index (χ0n) is 14.5. The number of rotatable bonds is 3. The van der Waals surface area contributed by atoms with Crippen molar-refractivity contribution in [2.75, 3.05) is 20.7 Å². The highest BCUT2D eigenvalue weighted by Gasteiger charge is 2.25. The van der Waals surface area contributed by atoms with Gasteiger partial charge in [-0.1, -0.05) is 11.6 Å². The van der Waals surface area contributed by atoms with Gasteiger partial charge in [0.2, 0.25) is 5.88 Å². The van der Waals surface area contributed by atoms with Crippen LogP contribution < -0.4 is 4.74 Å². The fourth-order valence-electron chi connectivity index (χ4n) is 3.75. The standard InChI is InChI=1S/C19H18ClN3O3/c1-23-6-5-11-12(13-7-10(20)3-4-16(13)26-2)8-14-17(15(11)9-23)21-19(24)18(14)22-25/h3-4,7-8,21,24H,5-6,9H2,1-2H3. The van der Waals surface area contributed by atoms with Crippen molar-refractivity contribution in [1.29, 1.82) is 0 Å². The Morgan fingerprint density at radius 1 is 1.27 bits per heavy atom. The third-order valence-electron chi connectivity index (χ3n) is 4.99. The molecule has 0 spiro atoms. The van der Waals surface area contributed by atoms with E-state index in [1.807, 2.05) is 25.2 Å². The molecule has 0 radical (unpaired) electrons. The summed E-state index contributed by atoms with van der Waals surface area (Å²) in [6.45, 7) is 1.63. The summed E-state index contributed by atoms with van der Waals surface area (Å²) in [4.78, 5) is 16.4. The lowest BCUT2D eigenvalue weighted by molar-refractivity contribution is 0.314. The first-order valence-corrected chi connectivity index (χ1v) is 8.66. The monoisotopic (exact) mass is 371 g/mol. The molecule has 4 rings (SSSR count). The number of halogens is 1. The first-order chi connectivity index (χ1) is 12.5. The third-order valence-corrected chi connectivity index (χ3v) is 5.22. The summed E-state index contributed by atoms with van der Waals surface area (Å²) in [5, 5.41) is 14.3. The summed E-state index contributed by atoms with van der Waals surface area (Å²) < 4.78 is 5.53. The Morgan fingerprint density at radius 2 is 2.08 bits per heavy atom. The van der Waals surface area contributed by atoms with Crippen LogP contribution >= 0.6 is 11.6 Å². The van der Waals surface area contributed by atoms with Crippen LogP contribution in [0.2, 0.25) is 5.02 Å². The van der Waals surface area contributed by atoms with Gasteiger partial charge >= 0.3 is 0 Å². The van der Waals surface area contributed by atoms with E-state index in [1.54, 1.807) is 13.2 Å². The van der Waals surface area contributed by atoms with E-state index in [1.165, 1.54) is 0 Å². The maximum Gasteiger partial charge on any atom is 0.219 e. The predicted molar refractivity (Wildman–Crippen MR) is 102 cm³/mol. The highest BCUT2D eigenvalue weighted by molar-refractivity contribution is 6.31. The molecule has 26 heavy (non-hydrogen) atoms. The molecule has 1 aliphatic rings. The van der Waals surface area contributed by atoms with E-state index in [9.17, 15) is 10.0 Å². The Labute approximate surface area is 155 Å². The van der Waals surface area contributed by atoms with E-state index >= 15 is 0 Å². The molecule has 0 aliphatic carbocycles. The van der Waals surface area contributed by atoms with Crippen LogP contribution in [-0.2, 0) is 13.0 Å². The molecule has 0 bridgehead atoms. The van der Waals surface area contributed by atoms with Crippen LogP contribution in [0.1, 0.15) is 11.1 Å². The van der Waals surface area contributed by atoms with Gasteiger partial charge in [-0.15, -0.1) is 4.91 Å². The van der Waals surface area contributed by atoms with Crippen LogP contribution in [0.15, 0.2) is 29.4 Å². The van der Waals surface area contributed by atoms with Gasteiger partial charge in [0.15, 0.2) is 5.69 Å². The molecule has 0 saturated carbocycles. The number of aromatic hydroxyl groups is 1. The second-order valence-electron chi connectivity index (χ2n) is 6.55. The molecule has 2 N–H and O–H groups in total. The molecule has 1 aromatic heterocycles. The Hall–Kier alpha value is -2.57. The SMILES string of the molecule is COc1ccc(Cl)cc1-c1cc2c(N=O)c(O)[nH]c2c2c1CCN(C)C2. The zero-order valence-corrected chi connectivity index (χ0v) is 15.2. The minimum atomic E-state index is -0.208. The number of benzene rings is 2. The summed E-state index contributed by atoms with van der Waals surface area (Å²) >= 11 is 6.23. The van der Waals surface area contributed by atoms with Gasteiger partial charge in [-0.25, -0.2) is 0 Å². The summed E-state index contributed by atoms with van der Waals surface area (Å²) in [6.07, 6.45) is 0.844. The predicted octanol–water partition coefficient (Wildman–Crippen LogP) is 4.59. The quantitative estimate of drug-likeness (QED) is 0.660. The molecule has 6 nitrogen and oxygen atoms in total. The van der Waals surface area contributed by atoms with Crippen LogP contribution in [0, 0.1) is 4.91 Å². The minimum absolute atomic E-state index is 0.0262. The maximum atomic E-state index is 11.3. The second-order valence-corrected chi connectivity index (χ2v) is 6.99. The summed E-state index contributed by atoms with van der Waals surface area (Å²) in [5.74, 6) is 0.496. The minimum Gasteiger partial charge on any atom is -0.496 e. The average molecular weight is 372 g/mol. The highest BCUT2D eigenvalue weighted by Crippen LogP contribution is 2.45. The van der Waals surface area contributed by atoms with Crippen LogP contribution in [0.25, 0.3) is 22.0 Å². The van der Waals surface area contributed by atoms with E-state index < -0.39 is 0 Å². The Balaban J connectivity index is 2.10. The molecule has 2 aromatic carbocycles. The van der Waals surface area contributed by atoms with Crippen molar-refractivity contribution >= 4 is 28.2 Å². The second kappa shape index (κ2) is 6.30. The van der Waals surface area contributed by atoms with Gasteiger partial charge in [-0.05, 0) is 59.6 Å². The van der Waals surface area contributed by atoms with Gasteiger partial charge in [-0.2, -0.15) is 0 Å². The molecular formula is C19H18ClN3O3. The third kappa shape index (κ3) is 2.53. The molecule has 0 fully saturated rings. The van der Waals surface area contributed by atoms with Gasteiger partial charge in [0.1, 0.15) is 5.75 Å². The Bertz CT molecular complexity index is 1030. The largest absolute Gasteiger partial charge is 0.496 e. The molecule has 134 valence electrons. The van der Waals surface area contributed by atoms with Gasteiger partial charge in [0, 0.05) is 29.1 Å². The number of likely N-dealkylation sites (N-methyl/N-ethyl adjacent to an activating group) is 1. The number of hydrogen-bond acceptors (Lipinski definition) is 5. The van der Waals surface area contributed by atoms with Gasteiger partial charge < -0.3 is 19.7 Å². The van der Waals surface area contributed by atoms with E-state index in [4.69, 9.17) is 16.3 Å². The number of fused-ring (bicyclic) bond motifs is 3. The molecule has 2 heterocycles. The molecular weight excluding hydrogens is 354 g/mol. The van der Waals surface area contributed by atoms with Crippen molar-refractivity contribution in [2.24, 2.45) is 5.18 Å². The molecule has 1 aliphatic heterocycles. The van der Waals surface area contributed by atoms with Crippen molar-refractivity contribution in [2.45, 2.75) is 13.0 Å². The molecule has 0 saturated heterocycles. The van der Waals surface area contributed by atoms with Gasteiger partial charge in [0.05, 0.1) is 12.6 Å². The number of ether oxygens (including phenoxy) is 1. The fraction of sp³-hybridized carbons (Fsp3) is 0.263. The maximum absolute atomic E-state index is 11.3. The van der Waals surface area contributed by atoms with Crippen LogP contribution in [0.5, 0.6) is 11.6 Å². The van der Waals surface area contributed by atoms with E-state index in [2.05, 4.69) is 15.1 Å². The number of methoxy groups -OCH3 is 1. The lowest BCUT2D eigenvalue weighted by Crippen LogP contribution is -2.27. The smallest absolute Gasteiger partial charge is 0.219 e. The number of nitrogens with zero attached hydrogens (tertiary/aromatic N) is 2. The first-order valence-electron chi connectivity index (χ1n) is 8.28. The average Bonchev–Trinajstić information content (AvgIpc) is 2.96. The van der Waals surface area contributed by atoms with Crippen LogP contribution in [-0.4, -0.2) is 35.7 Å². The number of nitrogens with one attached hydrogen (secondary N) is 1. The summed E-state index contributed by atoms with van der Waals surface area (Å²) in [5.41, 5.74) is 4.80. The number of aromatic amines is 1. The van der Waals surface area contributed by atoms with Crippen molar-refractivity contribution in [3.63, 3.8) is 0 Å². The van der Waals surface area contributed by atoms with E-state index in [0.29, 0.717) is 22.7 Å². The lowest BCUT2D eigenvalue weighted by atomic mass is 9.88. The molecule has 0 amide bonds. The Kier molecular flexibility index (Phi) is 4.09. The highest BCUT2D eigenvalue weighted by atomic mass is 35.5. The number of H-pyrrole nitrogens is 1. The number of hydrogen-bond donors (Lipinski definition) is 2. The molecule has 0 atom stereocenters. The fourth-order valence-corrected chi connectivity index (χ4v) is 3.92. The van der Waals surface area contributed by atoms with Crippen molar-refractivity contribution in [3.8, 4) is 22.8 Å². The molecule has 7 heteroatoms. The van der Waals surface area contributed by atoms with Crippen molar-refractivity contribution < 1.29 is 9.84 Å². The van der Waals surface area contributed by atoms with Crippen molar-refractivity contribution in [3.05, 3.63) is 45.3 Å². The van der Waals surface area contributed by atoms with Crippen molar-refractivity contribution in [1.82, 2.24) is 9.88 Å². The number of aromatic nitrogens is 1. The Morgan fingerprint density at radius 3 is 2.81 bits per heavy atom. The van der Waals surface area contributed by atoms with E-state index in [-0.39, 0.29) is 11.6 Å². The number of nitroso groups, excluding NO2 is 1. The first kappa shape index (κ1) is 16.9. The lowest BCUT2D eigenvalue weighted by Gasteiger charge is -2.28. The molecule has 3 aromatic rings. The zero-order chi connectivity index (χ0) is 18.4. The van der Waals surface area contributed by atoms with Gasteiger partial charge in [0.25, 0.3) is 0 Å². The molecule has 0 unspecified atom stereocenters. The van der Waals surface area contributed by atoms with E-state index in [0.717, 1.165) is 40.7 Å². The summed E-state index contributed by atoms with van der Waals surface area (Å²) in [6, 6.07) is 7.36.